The molecule has 0 aliphatic carbocycles. The maximum Gasteiger partial charge on any atom is 0.00953 e. The Bertz CT molecular complexity index is 118. The maximum atomic E-state index is 2.54. The van der Waals surface area contributed by atoms with Crippen LogP contribution in [-0.2, 0) is 0 Å². The Hall–Kier alpha value is -0.0400. The molecule has 0 spiro atoms. The van der Waals surface area contributed by atoms with Crippen LogP contribution in [0.25, 0.3) is 0 Å². The van der Waals surface area contributed by atoms with Gasteiger partial charge >= 0.3 is 0 Å². The smallest absolute Gasteiger partial charge is 0.00953 e. The molecule has 1 aliphatic rings. The van der Waals surface area contributed by atoms with E-state index in [1.54, 1.807) is 0 Å². The fourth-order valence-electron chi connectivity index (χ4n) is 2.28. The van der Waals surface area contributed by atoms with E-state index in [0.717, 1.165) is 12.0 Å². The summed E-state index contributed by atoms with van der Waals surface area (Å²) in [6, 6.07) is 0.898. The highest BCUT2D eigenvalue weighted by Crippen LogP contribution is 2.24. The zero-order valence-corrected chi connectivity index (χ0v) is 8.84. The summed E-state index contributed by atoms with van der Waals surface area (Å²) in [5.41, 5.74) is 0. The van der Waals surface area contributed by atoms with Crippen molar-refractivity contribution in [2.24, 2.45) is 5.92 Å². The third kappa shape index (κ3) is 2.48. The normalized spacial score (nSPS) is 25.5. The maximum absolute atomic E-state index is 2.54. The standard InChI is InChI=1S/C11H23N/c1-4-10(5-2)9-11-7-6-8-12(11)3/h10-11H,4-9H2,1-3H3/t11-/m0/s1. The lowest BCUT2D eigenvalue weighted by Gasteiger charge is -2.23. The number of likely N-dealkylation sites (tertiary alicyclic amines) is 1. The van der Waals surface area contributed by atoms with E-state index < -0.39 is 0 Å². The molecule has 1 aliphatic heterocycles. The molecule has 72 valence electrons. The zero-order chi connectivity index (χ0) is 8.97. The molecule has 1 nitrogen and oxygen atoms in total. The summed E-state index contributed by atoms with van der Waals surface area (Å²) >= 11 is 0. The summed E-state index contributed by atoms with van der Waals surface area (Å²) in [4.78, 5) is 2.54. The van der Waals surface area contributed by atoms with E-state index in [1.165, 1.54) is 38.6 Å². The van der Waals surface area contributed by atoms with Gasteiger partial charge in [0.1, 0.15) is 0 Å². The van der Waals surface area contributed by atoms with Crippen molar-refractivity contribution in [2.75, 3.05) is 13.6 Å². The van der Waals surface area contributed by atoms with Gasteiger partial charge in [-0.05, 0) is 38.8 Å². The fraction of sp³-hybridized carbons (Fsp3) is 1.00. The minimum Gasteiger partial charge on any atom is -0.303 e. The number of nitrogens with zero attached hydrogens (tertiary/aromatic N) is 1. The van der Waals surface area contributed by atoms with Crippen molar-refractivity contribution >= 4 is 0 Å². The molecule has 0 radical (unpaired) electrons. The summed E-state index contributed by atoms with van der Waals surface area (Å²) in [5.74, 6) is 0.968. The van der Waals surface area contributed by atoms with Crippen molar-refractivity contribution in [3.05, 3.63) is 0 Å². The van der Waals surface area contributed by atoms with Gasteiger partial charge in [-0.2, -0.15) is 0 Å². The molecule has 0 unspecified atom stereocenters. The molecule has 12 heavy (non-hydrogen) atoms. The fourth-order valence-corrected chi connectivity index (χ4v) is 2.28. The van der Waals surface area contributed by atoms with Gasteiger partial charge in [0.15, 0.2) is 0 Å². The van der Waals surface area contributed by atoms with Crippen molar-refractivity contribution in [3.63, 3.8) is 0 Å². The SMILES string of the molecule is CCC(CC)C[C@@H]1CCCN1C. The molecule has 0 aromatic rings. The Kier molecular flexibility index (Phi) is 4.07. The molecular weight excluding hydrogens is 146 g/mol. The summed E-state index contributed by atoms with van der Waals surface area (Å²) in [6.07, 6.45) is 7.01. The topological polar surface area (TPSA) is 3.24 Å². The molecule has 1 heteroatoms. The molecule has 0 aromatic heterocycles. The van der Waals surface area contributed by atoms with E-state index >= 15 is 0 Å². The second-order valence-electron chi connectivity index (χ2n) is 4.19. The highest BCUT2D eigenvalue weighted by atomic mass is 15.1. The van der Waals surface area contributed by atoms with Crippen LogP contribution in [0.4, 0.5) is 0 Å². The van der Waals surface area contributed by atoms with Gasteiger partial charge in [0, 0.05) is 6.04 Å². The Labute approximate surface area is 77.1 Å². The van der Waals surface area contributed by atoms with Gasteiger partial charge in [0.05, 0.1) is 0 Å². The van der Waals surface area contributed by atoms with E-state index in [1.807, 2.05) is 0 Å². The number of hydrogen-bond donors (Lipinski definition) is 0. The van der Waals surface area contributed by atoms with Crippen molar-refractivity contribution < 1.29 is 0 Å². The highest BCUT2D eigenvalue weighted by Gasteiger charge is 2.22. The lowest BCUT2D eigenvalue weighted by Crippen LogP contribution is -2.26. The first-order valence-electron chi connectivity index (χ1n) is 5.48. The van der Waals surface area contributed by atoms with E-state index in [0.29, 0.717) is 0 Å². The van der Waals surface area contributed by atoms with Crippen LogP contribution in [0, 0.1) is 5.92 Å². The second kappa shape index (κ2) is 4.86. The largest absolute Gasteiger partial charge is 0.303 e. The molecule has 0 bridgehead atoms. The number of hydrogen-bond acceptors (Lipinski definition) is 1. The van der Waals surface area contributed by atoms with Crippen LogP contribution in [0.1, 0.15) is 46.0 Å². The lowest BCUT2D eigenvalue weighted by molar-refractivity contribution is 0.254. The van der Waals surface area contributed by atoms with Crippen molar-refractivity contribution in [1.29, 1.82) is 0 Å². The van der Waals surface area contributed by atoms with Crippen LogP contribution in [-0.4, -0.2) is 24.5 Å². The van der Waals surface area contributed by atoms with Crippen LogP contribution in [0.2, 0.25) is 0 Å². The van der Waals surface area contributed by atoms with Crippen LogP contribution in [0.3, 0.4) is 0 Å². The molecule has 1 rings (SSSR count). The first-order valence-corrected chi connectivity index (χ1v) is 5.48. The molecular formula is C11H23N. The third-order valence-corrected chi connectivity index (χ3v) is 3.43. The molecule has 0 amide bonds. The Balaban J connectivity index is 2.28. The monoisotopic (exact) mass is 169 g/mol. The average Bonchev–Trinajstić information content (AvgIpc) is 2.47. The van der Waals surface area contributed by atoms with E-state index in [4.69, 9.17) is 0 Å². The average molecular weight is 169 g/mol. The minimum atomic E-state index is 0.898. The van der Waals surface area contributed by atoms with Crippen LogP contribution >= 0.6 is 0 Å². The van der Waals surface area contributed by atoms with E-state index in [2.05, 4.69) is 25.8 Å². The molecule has 0 aromatic carbocycles. The Morgan fingerprint density at radius 1 is 1.33 bits per heavy atom. The minimum absolute atomic E-state index is 0.898. The summed E-state index contributed by atoms with van der Waals surface area (Å²) in [6.45, 7) is 5.97. The molecule has 1 atom stereocenters. The predicted octanol–water partition coefficient (Wildman–Crippen LogP) is 2.91. The van der Waals surface area contributed by atoms with Gasteiger partial charge in [0.25, 0.3) is 0 Å². The van der Waals surface area contributed by atoms with Crippen molar-refractivity contribution in [1.82, 2.24) is 4.90 Å². The quantitative estimate of drug-likeness (QED) is 0.625. The first-order chi connectivity index (χ1) is 5.77. The van der Waals surface area contributed by atoms with Crippen LogP contribution in [0.5, 0.6) is 0 Å². The van der Waals surface area contributed by atoms with Gasteiger partial charge in [-0.15, -0.1) is 0 Å². The second-order valence-corrected chi connectivity index (χ2v) is 4.19. The summed E-state index contributed by atoms with van der Waals surface area (Å²) in [7, 11) is 2.28. The van der Waals surface area contributed by atoms with Gasteiger partial charge in [-0.3, -0.25) is 0 Å². The number of rotatable bonds is 4. The lowest BCUT2D eigenvalue weighted by atomic mass is 9.94. The van der Waals surface area contributed by atoms with Crippen LogP contribution in [0.15, 0.2) is 0 Å². The van der Waals surface area contributed by atoms with E-state index in [-0.39, 0.29) is 0 Å². The van der Waals surface area contributed by atoms with Gasteiger partial charge < -0.3 is 4.90 Å². The van der Waals surface area contributed by atoms with Gasteiger partial charge in [-0.25, -0.2) is 0 Å². The summed E-state index contributed by atoms with van der Waals surface area (Å²) < 4.78 is 0. The third-order valence-electron chi connectivity index (χ3n) is 3.43. The van der Waals surface area contributed by atoms with Crippen LogP contribution < -0.4 is 0 Å². The van der Waals surface area contributed by atoms with Crippen molar-refractivity contribution in [2.45, 2.75) is 52.0 Å². The Morgan fingerprint density at radius 3 is 2.42 bits per heavy atom. The predicted molar refractivity (Wildman–Crippen MR) is 54.3 cm³/mol. The summed E-state index contributed by atoms with van der Waals surface area (Å²) in [5, 5.41) is 0. The first kappa shape index (κ1) is 10.0. The van der Waals surface area contributed by atoms with Gasteiger partial charge in [-0.1, -0.05) is 26.7 Å². The molecule has 1 fully saturated rings. The zero-order valence-electron chi connectivity index (χ0n) is 8.84. The van der Waals surface area contributed by atoms with Crippen molar-refractivity contribution in [3.8, 4) is 0 Å². The van der Waals surface area contributed by atoms with Gasteiger partial charge in [0.2, 0.25) is 0 Å². The van der Waals surface area contributed by atoms with E-state index in [9.17, 15) is 0 Å². The molecule has 0 saturated carbocycles. The molecule has 1 heterocycles. The Morgan fingerprint density at radius 2 is 2.00 bits per heavy atom. The highest BCUT2D eigenvalue weighted by molar-refractivity contribution is 4.78. The molecule has 1 saturated heterocycles. The molecule has 0 N–H and O–H groups in total.